The first-order valence-corrected chi connectivity index (χ1v) is 4.74. The van der Waals surface area contributed by atoms with Gasteiger partial charge in [0.2, 0.25) is 0 Å². The van der Waals surface area contributed by atoms with Gasteiger partial charge in [0.15, 0.2) is 0 Å². The highest BCUT2D eigenvalue weighted by atomic mass is 16.2. The van der Waals surface area contributed by atoms with Gasteiger partial charge in [-0.1, -0.05) is 0 Å². The molecule has 0 saturated heterocycles. The molecule has 0 aliphatic carbocycles. The molecule has 0 unspecified atom stereocenters. The molecule has 2 heterocycles. The third kappa shape index (κ3) is 1.51. The lowest BCUT2D eigenvalue weighted by molar-refractivity contribution is 0.789. The SMILES string of the molecule is O=c1[nH]c2ccc(-n3cnnn3)cc2[nH]c1=O. The molecule has 84 valence electrons. The van der Waals surface area contributed by atoms with E-state index in [0.717, 1.165) is 0 Å². The van der Waals surface area contributed by atoms with Crippen molar-refractivity contribution in [2.24, 2.45) is 0 Å². The van der Waals surface area contributed by atoms with E-state index in [-0.39, 0.29) is 0 Å². The fourth-order valence-corrected chi connectivity index (χ4v) is 1.52. The van der Waals surface area contributed by atoms with E-state index in [1.807, 2.05) is 0 Å². The quantitative estimate of drug-likeness (QED) is 0.531. The van der Waals surface area contributed by atoms with Gasteiger partial charge in [-0.15, -0.1) is 5.10 Å². The summed E-state index contributed by atoms with van der Waals surface area (Å²) in [7, 11) is 0. The van der Waals surface area contributed by atoms with E-state index in [2.05, 4.69) is 25.5 Å². The van der Waals surface area contributed by atoms with Crippen LogP contribution in [0, 0.1) is 0 Å². The zero-order valence-corrected chi connectivity index (χ0v) is 8.41. The number of hydrogen-bond acceptors (Lipinski definition) is 5. The van der Waals surface area contributed by atoms with Crippen LogP contribution in [-0.4, -0.2) is 30.2 Å². The predicted octanol–water partition coefficient (Wildman–Crippen LogP) is -0.808. The Morgan fingerprint density at radius 1 is 1.06 bits per heavy atom. The summed E-state index contributed by atoms with van der Waals surface area (Å²) in [4.78, 5) is 27.2. The van der Waals surface area contributed by atoms with Crippen LogP contribution in [0.15, 0.2) is 34.1 Å². The third-order valence-electron chi connectivity index (χ3n) is 2.32. The Bertz CT molecular complexity index is 785. The molecule has 0 amide bonds. The van der Waals surface area contributed by atoms with Gasteiger partial charge in [0.05, 0.1) is 16.7 Å². The van der Waals surface area contributed by atoms with Crippen molar-refractivity contribution in [1.82, 2.24) is 30.2 Å². The summed E-state index contributed by atoms with van der Waals surface area (Å²) in [5.41, 5.74) is 0.387. The lowest BCUT2D eigenvalue weighted by atomic mass is 10.2. The summed E-state index contributed by atoms with van der Waals surface area (Å²) in [5.74, 6) is 0. The van der Waals surface area contributed by atoms with Crippen LogP contribution in [0.4, 0.5) is 0 Å². The predicted molar refractivity (Wildman–Crippen MR) is 57.9 cm³/mol. The van der Waals surface area contributed by atoms with Crippen LogP contribution in [0.3, 0.4) is 0 Å². The van der Waals surface area contributed by atoms with Gasteiger partial charge in [-0.3, -0.25) is 9.59 Å². The van der Waals surface area contributed by atoms with Gasteiger partial charge in [-0.2, -0.15) is 0 Å². The van der Waals surface area contributed by atoms with Crippen molar-refractivity contribution >= 4 is 11.0 Å². The van der Waals surface area contributed by atoms with E-state index in [4.69, 9.17) is 0 Å². The van der Waals surface area contributed by atoms with Gasteiger partial charge in [-0.05, 0) is 28.6 Å². The molecule has 0 fully saturated rings. The van der Waals surface area contributed by atoms with Crippen LogP contribution in [0.1, 0.15) is 0 Å². The van der Waals surface area contributed by atoms with Gasteiger partial charge >= 0.3 is 11.1 Å². The number of aromatic nitrogens is 6. The molecule has 8 heteroatoms. The maximum absolute atomic E-state index is 11.2. The fourth-order valence-electron chi connectivity index (χ4n) is 1.52. The van der Waals surface area contributed by atoms with Crippen LogP contribution < -0.4 is 11.1 Å². The van der Waals surface area contributed by atoms with E-state index in [1.165, 1.54) is 11.0 Å². The fraction of sp³-hybridized carbons (Fsp3) is 0. The van der Waals surface area contributed by atoms with Gasteiger partial charge in [0.25, 0.3) is 0 Å². The van der Waals surface area contributed by atoms with Crippen molar-refractivity contribution in [3.8, 4) is 5.69 Å². The first-order valence-electron chi connectivity index (χ1n) is 4.74. The minimum Gasteiger partial charge on any atom is -0.316 e. The molecule has 0 aliphatic heterocycles. The minimum absolute atomic E-state index is 0.516. The summed E-state index contributed by atoms with van der Waals surface area (Å²) in [5, 5.41) is 10.8. The Morgan fingerprint density at radius 3 is 2.53 bits per heavy atom. The molecule has 3 aromatic rings. The molecule has 2 aromatic heterocycles. The van der Waals surface area contributed by atoms with E-state index in [9.17, 15) is 9.59 Å². The van der Waals surface area contributed by atoms with Gasteiger partial charge in [-0.25, -0.2) is 4.68 Å². The number of H-pyrrole nitrogens is 2. The van der Waals surface area contributed by atoms with Crippen LogP contribution in [-0.2, 0) is 0 Å². The molecule has 0 saturated carbocycles. The second-order valence-electron chi connectivity index (χ2n) is 3.39. The number of tetrazole rings is 1. The Hall–Kier alpha value is -2.77. The van der Waals surface area contributed by atoms with Crippen LogP contribution in [0.25, 0.3) is 16.7 Å². The number of fused-ring (bicyclic) bond motifs is 1. The first kappa shape index (κ1) is 9.46. The molecule has 0 aliphatic rings. The summed E-state index contributed by atoms with van der Waals surface area (Å²) in [6.07, 6.45) is 1.44. The Labute approximate surface area is 92.9 Å². The second-order valence-corrected chi connectivity index (χ2v) is 3.39. The van der Waals surface area contributed by atoms with Crippen molar-refractivity contribution in [1.29, 1.82) is 0 Å². The third-order valence-corrected chi connectivity index (χ3v) is 2.32. The summed E-state index contributed by atoms with van der Waals surface area (Å²) < 4.78 is 1.45. The monoisotopic (exact) mass is 230 g/mol. The summed E-state index contributed by atoms with van der Waals surface area (Å²) in [6, 6.07) is 5.07. The zero-order valence-electron chi connectivity index (χ0n) is 8.41. The van der Waals surface area contributed by atoms with Gasteiger partial charge in [0, 0.05) is 0 Å². The average molecular weight is 230 g/mol. The lowest BCUT2D eigenvalue weighted by Gasteiger charge is -2.01. The molecule has 8 nitrogen and oxygen atoms in total. The molecule has 1 aromatic carbocycles. The molecular weight excluding hydrogens is 224 g/mol. The summed E-state index contributed by atoms with van der Waals surface area (Å²) in [6.45, 7) is 0. The molecule has 0 radical (unpaired) electrons. The number of benzene rings is 1. The number of nitrogens with zero attached hydrogens (tertiary/aromatic N) is 4. The van der Waals surface area contributed by atoms with Crippen LogP contribution in [0.2, 0.25) is 0 Å². The second kappa shape index (κ2) is 3.37. The molecule has 0 atom stereocenters. The maximum Gasteiger partial charge on any atom is 0.314 e. The zero-order chi connectivity index (χ0) is 11.8. The normalized spacial score (nSPS) is 10.8. The van der Waals surface area contributed by atoms with Crippen molar-refractivity contribution in [2.45, 2.75) is 0 Å². The lowest BCUT2D eigenvalue weighted by Crippen LogP contribution is -2.28. The Morgan fingerprint density at radius 2 is 1.82 bits per heavy atom. The van der Waals surface area contributed by atoms with E-state index in [1.54, 1.807) is 18.2 Å². The van der Waals surface area contributed by atoms with Gasteiger partial charge < -0.3 is 9.97 Å². The van der Waals surface area contributed by atoms with E-state index >= 15 is 0 Å². The molecular formula is C9H6N6O2. The molecule has 0 bridgehead atoms. The molecule has 2 N–H and O–H groups in total. The number of nitrogens with one attached hydrogen (secondary N) is 2. The van der Waals surface area contributed by atoms with Gasteiger partial charge in [0.1, 0.15) is 6.33 Å². The standard InChI is InChI=1S/C9H6N6O2/c16-8-9(17)12-7-3-5(1-2-6(7)11-8)15-4-10-13-14-15/h1-4H,(H,11,16)(H,12,17). The molecule has 17 heavy (non-hydrogen) atoms. The average Bonchev–Trinajstić information content (AvgIpc) is 2.83. The van der Waals surface area contributed by atoms with E-state index < -0.39 is 11.1 Å². The Kier molecular flexibility index (Phi) is 1.87. The minimum atomic E-state index is -0.689. The number of rotatable bonds is 1. The highest BCUT2D eigenvalue weighted by Crippen LogP contribution is 2.11. The topological polar surface area (TPSA) is 109 Å². The van der Waals surface area contributed by atoms with Crippen molar-refractivity contribution in [2.75, 3.05) is 0 Å². The number of hydrogen-bond donors (Lipinski definition) is 2. The maximum atomic E-state index is 11.2. The van der Waals surface area contributed by atoms with Crippen molar-refractivity contribution in [3.05, 3.63) is 45.2 Å². The molecule has 0 spiro atoms. The highest BCUT2D eigenvalue weighted by molar-refractivity contribution is 5.76. The number of aromatic amines is 2. The van der Waals surface area contributed by atoms with Crippen LogP contribution in [0.5, 0.6) is 0 Å². The Balaban J connectivity index is 2.30. The highest BCUT2D eigenvalue weighted by Gasteiger charge is 2.02. The smallest absolute Gasteiger partial charge is 0.314 e. The largest absolute Gasteiger partial charge is 0.316 e. The summed E-state index contributed by atoms with van der Waals surface area (Å²) >= 11 is 0. The first-order chi connectivity index (χ1) is 8.24. The van der Waals surface area contributed by atoms with E-state index in [0.29, 0.717) is 16.7 Å². The van der Waals surface area contributed by atoms with Crippen molar-refractivity contribution in [3.63, 3.8) is 0 Å². The molecule has 3 rings (SSSR count). The van der Waals surface area contributed by atoms with Crippen LogP contribution >= 0.6 is 0 Å². The van der Waals surface area contributed by atoms with Crippen molar-refractivity contribution < 1.29 is 0 Å².